The van der Waals surface area contributed by atoms with E-state index < -0.39 is 0 Å². The lowest BCUT2D eigenvalue weighted by atomic mass is 9.90. The number of fused-ring (bicyclic) bond motifs is 1. The van der Waals surface area contributed by atoms with Crippen molar-refractivity contribution in [2.75, 3.05) is 6.61 Å². The zero-order valence-electron chi connectivity index (χ0n) is 14.8. The molecular formula is C21H24N2O2. The van der Waals surface area contributed by atoms with Crippen LogP contribution in [0.25, 0.3) is 0 Å². The van der Waals surface area contributed by atoms with Crippen LogP contribution < -0.4 is 10.2 Å². The average Bonchev–Trinajstić information content (AvgIpc) is 2.65. The van der Waals surface area contributed by atoms with Gasteiger partial charge < -0.3 is 4.74 Å². The van der Waals surface area contributed by atoms with E-state index in [0.29, 0.717) is 5.75 Å². The Labute approximate surface area is 148 Å². The van der Waals surface area contributed by atoms with Crippen LogP contribution >= 0.6 is 0 Å². The molecule has 1 N–H and O–H groups in total. The highest BCUT2D eigenvalue weighted by Crippen LogP contribution is 2.22. The minimum Gasteiger partial charge on any atom is -0.483 e. The molecule has 0 bridgehead atoms. The van der Waals surface area contributed by atoms with Gasteiger partial charge in [-0.25, -0.2) is 5.43 Å². The highest BCUT2D eigenvalue weighted by Gasteiger charge is 2.10. The summed E-state index contributed by atoms with van der Waals surface area (Å²) >= 11 is 0. The first-order chi connectivity index (χ1) is 12.1. The number of rotatable bonds is 5. The van der Waals surface area contributed by atoms with E-state index >= 15 is 0 Å². The first-order valence-electron chi connectivity index (χ1n) is 8.77. The van der Waals surface area contributed by atoms with Crippen LogP contribution in [0.3, 0.4) is 0 Å². The Morgan fingerprint density at radius 3 is 2.68 bits per heavy atom. The fourth-order valence-electron chi connectivity index (χ4n) is 3.06. The number of aryl methyl sites for hydroxylation is 3. The van der Waals surface area contributed by atoms with Crippen molar-refractivity contribution >= 4 is 11.6 Å². The SMILES string of the molecule is CC(=NNC(=O)COc1ccccc1C)c1ccc2c(c1)CCCC2. The number of amides is 1. The van der Waals surface area contributed by atoms with E-state index in [1.165, 1.54) is 30.4 Å². The molecule has 0 aromatic heterocycles. The second kappa shape index (κ2) is 7.97. The summed E-state index contributed by atoms with van der Waals surface area (Å²) in [4.78, 5) is 12.0. The van der Waals surface area contributed by atoms with Crippen molar-refractivity contribution in [3.8, 4) is 5.75 Å². The second-order valence-corrected chi connectivity index (χ2v) is 6.48. The van der Waals surface area contributed by atoms with Crippen molar-refractivity contribution in [3.63, 3.8) is 0 Å². The van der Waals surface area contributed by atoms with Crippen LogP contribution in [0.4, 0.5) is 0 Å². The smallest absolute Gasteiger partial charge is 0.277 e. The predicted molar refractivity (Wildman–Crippen MR) is 100 cm³/mol. The van der Waals surface area contributed by atoms with E-state index in [1.54, 1.807) is 0 Å². The minimum atomic E-state index is -0.263. The number of ether oxygens (including phenoxy) is 1. The second-order valence-electron chi connectivity index (χ2n) is 6.48. The first kappa shape index (κ1) is 17.2. The Morgan fingerprint density at radius 2 is 1.88 bits per heavy atom. The van der Waals surface area contributed by atoms with Crippen LogP contribution in [0.1, 0.15) is 42.0 Å². The molecule has 0 spiro atoms. The molecular weight excluding hydrogens is 312 g/mol. The molecule has 0 radical (unpaired) electrons. The summed E-state index contributed by atoms with van der Waals surface area (Å²) in [7, 11) is 0. The van der Waals surface area contributed by atoms with Crippen LogP contribution in [-0.2, 0) is 17.6 Å². The van der Waals surface area contributed by atoms with Gasteiger partial charge in [0.25, 0.3) is 5.91 Å². The predicted octanol–water partition coefficient (Wildman–Crippen LogP) is 3.79. The van der Waals surface area contributed by atoms with Gasteiger partial charge in [-0.1, -0.05) is 30.3 Å². The summed E-state index contributed by atoms with van der Waals surface area (Å²) in [5, 5.41) is 4.22. The molecule has 1 amide bonds. The molecule has 130 valence electrons. The molecule has 4 heteroatoms. The monoisotopic (exact) mass is 336 g/mol. The summed E-state index contributed by atoms with van der Waals surface area (Å²) in [6.45, 7) is 3.81. The van der Waals surface area contributed by atoms with Gasteiger partial charge in [0.1, 0.15) is 5.75 Å². The van der Waals surface area contributed by atoms with E-state index in [-0.39, 0.29) is 12.5 Å². The third-order valence-corrected chi connectivity index (χ3v) is 4.57. The average molecular weight is 336 g/mol. The minimum absolute atomic E-state index is 0.0498. The molecule has 25 heavy (non-hydrogen) atoms. The number of hydrogen-bond donors (Lipinski definition) is 1. The number of nitrogens with zero attached hydrogens (tertiary/aromatic N) is 1. The standard InChI is InChI=1S/C21H24N2O2/c1-15-7-3-6-10-20(15)25-14-21(24)23-22-16(2)18-12-11-17-8-4-5-9-19(17)13-18/h3,6-7,10-13H,4-5,8-9,14H2,1-2H3,(H,23,24). The summed E-state index contributed by atoms with van der Waals surface area (Å²) < 4.78 is 5.53. The fraction of sp³-hybridized carbons (Fsp3) is 0.333. The van der Waals surface area contributed by atoms with E-state index in [0.717, 1.165) is 23.3 Å². The van der Waals surface area contributed by atoms with Crippen LogP contribution in [0.15, 0.2) is 47.6 Å². The zero-order valence-corrected chi connectivity index (χ0v) is 14.8. The maximum absolute atomic E-state index is 12.0. The van der Waals surface area contributed by atoms with Crippen LogP contribution in [0, 0.1) is 6.92 Å². The Bertz CT molecular complexity index is 796. The maximum Gasteiger partial charge on any atom is 0.277 e. The van der Waals surface area contributed by atoms with Crippen molar-refractivity contribution in [1.29, 1.82) is 0 Å². The normalized spacial score (nSPS) is 13.9. The van der Waals surface area contributed by atoms with Gasteiger partial charge in [0, 0.05) is 0 Å². The van der Waals surface area contributed by atoms with E-state index in [4.69, 9.17) is 4.74 Å². The van der Waals surface area contributed by atoms with Gasteiger partial charge in [0.05, 0.1) is 5.71 Å². The lowest BCUT2D eigenvalue weighted by molar-refractivity contribution is -0.123. The highest BCUT2D eigenvalue weighted by molar-refractivity contribution is 5.99. The van der Waals surface area contributed by atoms with Crippen molar-refractivity contribution in [1.82, 2.24) is 5.43 Å². The number of nitrogens with one attached hydrogen (secondary N) is 1. The molecule has 1 aliphatic carbocycles. The quantitative estimate of drug-likeness (QED) is 0.667. The maximum atomic E-state index is 12.0. The van der Waals surface area contributed by atoms with Gasteiger partial charge in [-0.15, -0.1) is 0 Å². The molecule has 0 aliphatic heterocycles. The van der Waals surface area contributed by atoms with E-state index in [9.17, 15) is 4.79 Å². The van der Waals surface area contributed by atoms with Gasteiger partial charge in [-0.05, 0) is 73.9 Å². The summed E-state index contributed by atoms with van der Waals surface area (Å²) in [6.07, 6.45) is 4.82. The van der Waals surface area contributed by atoms with Crippen molar-refractivity contribution in [3.05, 3.63) is 64.7 Å². The third-order valence-electron chi connectivity index (χ3n) is 4.57. The highest BCUT2D eigenvalue weighted by atomic mass is 16.5. The molecule has 2 aromatic carbocycles. The third kappa shape index (κ3) is 4.47. The van der Waals surface area contributed by atoms with Gasteiger partial charge >= 0.3 is 0 Å². The van der Waals surface area contributed by atoms with Gasteiger partial charge in [-0.3, -0.25) is 4.79 Å². The molecule has 0 saturated heterocycles. The summed E-state index contributed by atoms with van der Waals surface area (Å²) in [5.41, 5.74) is 8.29. The van der Waals surface area contributed by atoms with Gasteiger partial charge in [0.2, 0.25) is 0 Å². The Balaban J connectivity index is 1.57. The Morgan fingerprint density at radius 1 is 1.12 bits per heavy atom. The van der Waals surface area contributed by atoms with E-state index in [1.807, 2.05) is 38.1 Å². The lowest BCUT2D eigenvalue weighted by Gasteiger charge is -2.16. The summed E-state index contributed by atoms with van der Waals surface area (Å²) in [5.74, 6) is 0.452. The van der Waals surface area contributed by atoms with Crippen molar-refractivity contribution < 1.29 is 9.53 Å². The first-order valence-corrected chi connectivity index (χ1v) is 8.77. The van der Waals surface area contributed by atoms with Crippen molar-refractivity contribution in [2.24, 2.45) is 5.10 Å². The molecule has 0 fully saturated rings. The molecule has 1 aliphatic rings. The molecule has 4 nitrogen and oxygen atoms in total. The molecule has 0 saturated carbocycles. The van der Waals surface area contributed by atoms with E-state index in [2.05, 4.69) is 28.7 Å². The number of benzene rings is 2. The van der Waals surface area contributed by atoms with Crippen LogP contribution in [-0.4, -0.2) is 18.2 Å². The summed E-state index contributed by atoms with van der Waals surface area (Å²) in [6, 6.07) is 14.1. The number of hydrazone groups is 1. The van der Waals surface area contributed by atoms with Crippen LogP contribution in [0.5, 0.6) is 5.75 Å². The number of carbonyl (C=O) groups excluding carboxylic acids is 1. The molecule has 0 heterocycles. The van der Waals surface area contributed by atoms with Gasteiger partial charge in [0.15, 0.2) is 6.61 Å². The lowest BCUT2D eigenvalue weighted by Crippen LogP contribution is -2.25. The topological polar surface area (TPSA) is 50.7 Å². The zero-order chi connectivity index (χ0) is 17.6. The number of carbonyl (C=O) groups is 1. The number of hydrogen-bond acceptors (Lipinski definition) is 3. The van der Waals surface area contributed by atoms with Crippen LogP contribution in [0.2, 0.25) is 0 Å². The number of para-hydroxylation sites is 1. The molecule has 0 atom stereocenters. The molecule has 3 rings (SSSR count). The Hall–Kier alpha value is -2.62. The fourth-order valence-corrected chi connectivity index (χ4v) is 3.06. The Kier molecular flexibility index (Phi) is 5.49. The molecule has 0 unspecified atom stereocenters. The largest absolute Gasteiger partial charge is 0.483 e. The van der Waals surface area contributed by atoms with Gasteiger partial charge in [-0.2, -0.15) is 5.10 Å². The molecule has 2 aromatic rings. The van der Waals surface area contributed by atoms with Crippen molar-refractivity contribution in [2.45, 2.75) is 39.5 Å².